The van der Waals surface area contributed by atoms with Crippen LogP contribution in [0.3, 0.4) is 0 Å². The number of ether oxygens (including phenoxy) is 1. The van der Waals surface area contributed by atoms with Crippen LogP contribution in [0.1, 0.15) is 25.8 Å². The van der Waals surface area contributed by atoms with Gasteiger partial charge in [0.05, 0.1) is 7.11 Å². The van der Waals surface area contributed by atoms with Crippen molar-refractivity contribution in [3.05, 3.63) is 29.6 Å². The summed E-state index contributed by atoms with van der Waals surface area (Å²) < 4.78 is 18.8. The lowest BCUT2D eigenvalue weighted by atomic mass is 9.69. The van der Waals surface area contributed by atoms with Gasteiger partial charge in [0.1, 0.15) is 17.2 Å². The first-order valence-electron chi connectivity index (χ1n) is 6.05. The number of aliphatic hydroxyl groups is 1. The summed E-state index contributed by atoms with van der Waals surface area (Å²) in [6, 6.07) is 4.33. The molecule has 1 atom stereocenters. The molecule has 1 saturated heterocycles. The average Bonchev–Trinajstić information content (AvgIpc) is 2.33. The number of halogens is 1. The highest BCUT2D eigenvalue weighted by molar-refractivity contribution is 7.99. The third-order valence-electron chi connectivity index (χ3n) is 3.91. The molecule has 0 aliphatic carbocycles. The highest BCUT2D eigenvalue weighted by atomic mass is 32.2. The molecule has 18 heavy (non-hydrogen) atoms. The molecule has 1 N–H and O–H groups in total. The summed E-state index contributed by atoms with van der Waals surface area (Å²) >= 11 is 1.70. The largest absolute Gasteiger partial charge is 0.496 e. The molecule has 100 valence electrons. The Kier molecular flexibility index (Phi) is 3.60. The number of hydrogen-bond donors (Lipinski definition) is 1. The van der Waals surface area contributed by atoms with Gasteiger partial charge in [-0.25, -0.2) is 4.39 Å². The first-order valence-corrected chi connectivity index (χ1v) is 7.20. The summed E-state index contributed by atoms with van der Waals surface area (Å²) in [6.45, 7) is 4.05. The Morgan fingerprint density at radius 2 is 2.11 bits per heavy atom. The van der Waals surface area contributed by atoms with Crippen LogP contribution in [0.15, 0.2) is 18.2 Å². The molecule has 2 rings (SSSR count). The summed E-state index contributed by atoms with van der Waals surface area (Å²) in [6.07, 6.45) is 0.897. The van der Waals surface area contributed by atoms with E-state index in [0.717, 1.165) is 12.2 Å². The average molecular weight is 270 g/mol. The van der Waals surface area contributed by atoms with Crippen LogP contribution in [-0.4, -0.2) is 23.7 Å². The van der Waals surface area contributed by atoms with E-state index in [1.165, 1.54) is 12.1 Å². The van der Waals surface area contributed by atoms with Gasteiger partial charge in [0.15, 0.2) is 0 Å². The Bertz CT molecular complexity index is 447. The number of hydrogen-bond acceptors (Lipinski definition) is 3. The summed E-state index contributed by atoms with van der Waals surface area (Å²) in [5, 5.41) is 11.0. The van der Waals surface area contributed by atoms with Crippen LogP contribution in [0.5, 0.6) is 5.75 Å². The monoisotopic (exact) mass is 270 g/mol. The molecule has 0 amide bonds. The first kappa shape index (κ1) is 13.7. The normalized spacial score (nSPS) is 26.9. The molecule has 1 fully saturated rings. The standard InChI is InChI=1S/C14H19FO2S/c1-13(2)6-7-18-9-14(13,16)11-8-10(15)4-5-12(11)17-3/h4-5,8,16H,6-7,9H2,1-3H3. The van der Waals surface area contributed by atoms with Crippen molar-refractivity contribution >= 4 is 11.8 Å². The van der Waals surface area contributed by atoms with Crippen LogP contribution in [0, 0.1) is 11.2 Å². The first-order chi connectivity index (χ1) is 8.40. The van der Waals surface area contributed by atoms with E-state index >= 15 is 0 Å². The molecule has 4 heteroatoms. The summed E-state index contributed by atoms with van der Waals surface area (Å²) in [7, 11) is 1.54. The van der Waals surface area contributed by atoms with Crippen molar-refractivity contribution in [1.82, 2.24) is 0 Å². The molecule has 0 radical (unpaired) electrons. The van der Waals surface area contributed by atoms with Gasteiger partial charge in [0.2, 0.25) is 0 Å². The third kappa shape index (κ3) is 2.12. The minimum absolute atomic E-state index is 0.292. The van der Waals surface area contributed by atoms with Crippen molar-refractivity contribution in [2.75, 3.05) is 18.6 Å². The molecule has 1 aromatic carbocycles. The molecule has 0 aromatic heterocycles. The second-order valence-corrected chi connectivity index (χ2v) is 6.50. The third-order valence-corrected chi connectivity index (χ3v) is 5.02. The SMILES string of the molecule is COc1ccc(F)cc1C1(O)CSCCC1(C)C. The number of thioether (sulfide) groups is 1. The topological polar surface area (TPSA) is 29.5 Å². The van der Waals surface area contributed by atoms with E-state index in [9.17, 15) is 9.50 Å². The summed E-state index contributed by atoms with van der Waals surface area (Å²) in [5.41, 5.74) is -0.787. The van der Waals surface area contributed by atoms with Crippen LogP contribution in [0.25, 0.3) is 0 Å². The molecule has 2 nitrogen and oxygen atoms in total. The van der Waals surface area contributed by atoms with Gasteiger partial charge in [-0.05, 0) is 35.8 Å². The second kappa shape index (κ2) is 4.74. The maximum absolute atomic E-state index is 13.5. The van der Waals surface area contributed by atoms with Crippen LogP contribution < -0.4 is 4.74 Å². The van der Waals surface area contributed by atoms with E-state index < -0.39 is 5.60 Å². The molecule has 0 saturated carbocycles. The molecular formula is C14H19FO2S. The lowest BCUT2D eigenvalue weighted by molar-refractivity contribution is -0.0595. The Balaban J connectivity index is 2.54. The molecule has 1 heterocycles. The number of rotatable bonds is 2. The summed E-state index contributed by atoms with van der Waals surface area (Å²) in [4.78, 5) is 0. The summed E-state index contributed by atoms with van der Waals surface area (Å²) in [5.74, 6) is 1.80. The number of benzene rings is 1. The lowest BCUT2D eigenvalue weighted by Crippen LogP contribution is -2.47. The van der Waals surface area contributed by atoms with Gasteiger partial charge in [-0.1, -0.05) is 13.8 Å². The molecular weight excluding hydrogens is 251 g/mol. The number of methoxy groups -OCH3 is 1. The minimum atomic E-state index is -1.05. The zero-order valence-electron chi connectivity index (χ0n) is 11.0. The minimum Gasteiger partial charge on any atom is -0.496 e. The molecule has 1 aliphatic heterocycles. The quantitative estimate of drug-likeness (QED) is 0.895. The molecule has 1 aromatic rings. The van der Waals surface area contributed by atoms with Crippen LogP contribution in [-0.2, 0) is 5.60 Å². The van der Waals surface area contributed by atoms with Crippen molar-refractivity contribution < 1.29 is 14.2 Å². The van der Waals surface area contributed by atoms with E-state index in [1.807, 2.05) is 13.8 Å². The van der Waals surface area contributed by atoms with Crippen LogP contribution in [0.4, 0.5) is 4.39 Å². The van der Waals surface area contributed by atoms with E-state index in [4.69, 9.17) is 4.74 Å². The van der Waals surface area contributed by atoms with Crippen LogP contribution >= 0.6 is 11.8 Å². The Morgan fingerprint density at radius 3 is 2.72 bits per heavy atom. The van der Waals surface area contributed by atoms with E-state index in [1.54, 1.807) is 24.9 Å². The van der Waals surface area contributed by atoms with Crippen molar-refractivity contribution in [3.63, 3.8) is 0 Å². The predicted octanol–water partition coefficient (Wildman–Crippen LogP) is 3.19. The fourth-order valence-corrected chi connectivity index (χ4v) is 4.04. The van der Waals surface area contributed by atoms with Gasteiger partial charge in [-0.3, -0.25) is 0 Å². The Hall–Kier alpha value is -0.740. The highest BCUT2D eigenvalue weighted by Gasteiger charge is 2.48. The van der Waals surface area contributed by atoms with Crippen molar-refractivity contribution in [2.24, 2.45) is 5.41 Å². The van der Waals surface area contributed by atoms with E-state index in [2.05, 4.69) is 0 Å². The molecule has 0 spiro atoms. The smallest absolute Gasteiger partial charge is 0.125 e. The van der Waals surface area contributed by atoms with Gasteiger partial charge >= 0.3 is 0 Å². The molecule has 0 bridgehead atoms. The second-order valence-electron chi connectivity index (χ2n) is 5.39. The van der Waals surface area contributed by atoms with Gasteiger partial charge in [-0.2, -0.15) is 11.8 Å². The Labute approximate surface area is 112 Å². The lowest BCUT2D eigenvalue weighted by Gasteiger charge is -2.46. The maximum Gasteiger partial charge on any atom is 0.125 e. The molecule has 1 unspecified atom stereocenters. The van der Waals surface area contributed by atoms with Gasteiger partial charge in [0.25, 0.3) is 0 Å². The van der Waals surface area contributed by atoms with Crippen molar-refractivity contribution in [2.45, 2.75) is 25.9 Å². The van der Waals surface area contributed by atoms with Crippen molar-refractivity contribution in [3.8, 4) is 5.75 Å². The van der Waals surface area contributed by atoms with Gasteiger partial charge in [-0.15, -0.1) is 0 Å². The molecule has 1 aliphatic rings. The van der Waals surface area contributed by atoms with Gasteiger partial charge in [0, 0.05) is 11.3 Å². The van der Waals surface area contributed by atoms with Gasteiger partial charge < -0.3 is 9.84 Å². The fourth-order valence-electron chi connectivity index (χ4n) is 2.40. The van der Waals surface area contributed by atoms with E-state index in [0.29, 0.717) is 17.1 Å². The van der Waals surface area contributed by atoms with Crippen LogP contribution in [0.2, 0.25) is 0 Å². The zero-order chi connectivity index (χ0) is 13.4. The zero-order valence-corrected chi connectivity index (χ0v) is 11.8. The highest BCUT2D eigenvalue weighted by Crippen LogP contribution is 2.50. The maximum atomic E-state index is 13.5. The predicted molar refractivity (Wildman–Crippen MR) is 72.6 cm³/mol. The Morgan fingerprint density at radius 1 is 1.39 bits per heavy atom. The fraction of sp³-hybridized carbons (Fsp3) is 0.571. The van der Waals surface area contributed by atoms with E-state index in [-0.39, 0.29) is 11.2 Å². The van der Waals surface area contributed by atoms with Crippen molar-refractivity contribution in [1.29, 1.82) is 0 Å².